The normalized spacial score (nSPS) is 11.7. The predicted molar refractivity (Wildman–Crippen MR) is 90.1 cm³/mol. The average molecular weight is 330 g/mol. The van der Waals surface area contributed by atoms with Crippen LogP contribution in [0.2, 0.25) is 0 Å². The van der Waals surface area contributed by atoms with Gasteiger partial charge in [-0.3, -0.25) is 9.59 Å². The molecule has 1 aromatic heterocycles. The zero-order valence-corrected chi connectivity index (χ0v) is 14.3. The Labute approximate surface area is 141 Å². The van der Waals surface area contributed by atoms with Gasteiger partial charge in [-0.1, -0.05) is 6.07 Å². The SMILES string of the molecule is COc1cccc(C(=O)NCC(=O)N[C@H](C)c2cc(C)oc2C)c1. The Kier molecular flexibility index (Phi) is 5.63. The highest BCUT2D eigenvalue weighted by molar-refractivity contribution is 5.96. The van der Waals surface area contributed by atoms with Crippen LogP contribution in [0.4, 0.5) is 0 Å². The summed E-state index contributed by atoms with van der Waals surface area (Å²) in [5.41, 5.74) is 1.37. The summed E-state index contributed by atoms with van der Waals surface area (Å²) in [7, 11) is 1.53. The van der Waals surface area contributed by atoms with Gasteiger partial charge in [-0.15, -0.1) is 0 Å². The third-order valence-electron chi connectivity index (χ3n) is 3.66. The molecule has 0 aliphatic carbocycles. The lowest BCUT2D eigenvalue weighted by atomic mass is 10.1. The molecule has 1 aromatic carbocycles. The summed E-state index contributed by atoms with van der Waals surface area (Å²) < 4.78 is 10.5. The van der Waals surface area contributed by atoms with Crippen molar-refractivity contribution in [3.63, 3.8) is 0 Å². The topological polar surface area (TPSA) is 80.6 Å². The molecule has 0 aliphatic heterocycles. The average Bonchev–Trinajstić information content (AvgIpc) is 2.91. The van der Waals surface area contributed by atoms with Crippen LogP contribution in [0.1, 0.15) is 40.4 Å². The van der Waals surface area contributed by atoms with Crippen LogP contribution in [0.3, 0.4) is 0 Å². The highest BCUT2D eigenvalue weighted by Gasteiger charge is 2.16. The largest absolute Gasteiger partial charge is 0.497 e. The van der Waals surface area contributed by atoms with E-state index in [2.05, 4.69) is 10.6 Å². The maximum Gasteiger partial charge on any atom is 0.251 e. The second kappa shape index (κ2) is 7.68. The number of ether oxygens (including phenoxy) is 1. The summed E-state index contributed by atoms with van der Waals surface area (Å²) in [5, 5.41) is 5.44. The fourth-order valence-electron chi connectivity index (χ4n) is 2.48. The molecule has 2 amide bonds. The van der Waals surface area contributed by atoms with Gasteiger partial charge in [0, 0.05) is 11.1 Å². The lowest BCUT2D eigenvalue weighted by Crippen LogP contribution is -2.38. The smallest absolute Gasteiger partial charge is 0.251 e. The molecule has 2 aromatic rings. The van der Waals surface area contributed by atoms with Crippen molar-refractivity contribution in [1.29, 1.82) is 0 Å². The Hall–Kier alpha value is -2.76. The van der Waals surface area contributed by atoms with Crippen molar-refractivity contribution in [2.45, 2.75) is 26.8 Å². The molecule has 2 rings (SSSR count). The van der Waals surface area contributed by atoms with Crippen molar-refractivity contribution in [2.24, 2.45) is 0 Å². The number of amides is 2. The van der Waals surface area contributed by atoms with Gasteiger partial charge in [-0.25, -0.2) is 0 Å². The number of nitrogens with one attached hydrogen (secondary N) is 2. The lowest BCUT2D eigenvalue weighted by molar-refractivity contribution is -0.120. The molecular formula is C18H22N2O4. The van der Waals surface area contributed by atoms with Crippen molar-refractivity contribution in [2.75, 3.05) is 13.7 Å². The van der Waals surface area contributed by atoms with Crippen LogP contribution in [0, 0.1) is 13.8 Å². The fraction of sp³-hybridized carbons (Fsp3) is 0.333. The monoisotopic (exact) mass is 330 g/mol. The van der Waals surface area contributed by atoms with Gasteiger partial charge in [0.25, 0.3) is 5.91 Å². The molecule has 0 saturated carbocycles. The number of benzene rings is 1. The summed E-state index contributed by atoms with van der Waals surface area (Å²) in [6, 6.07) is 8.46. The standard InChI is InChI=1S/C18H22N2O4/c1-11-8-16(13(3)24-11)12(2)20-17(21)10-19-18(22)14-6-5-7-15(9-14)23-4/h5-9,12H,10H2,1-4H3,(H,19,22)(H,20,21)/t12-/m1/s1. The molecule has 0 radical (unpaired) electrons. The van der Waals surface area contributed by atoms with E-state index in [4.69, 9.17) is 9.15 Å². The first kappa shape index (κ1) is 17.6. The number of hydrogen-bond donors (Lipinski definition) is 2. The Balaban J connectivity index is 1.88. The number of carbonyl (C=O) groups excluding carboxylic acids is 2. The Morgan fingerprint density at radius 3 is 2.62 bits per heavy atom. The molecule has 0 fully saturated rings. The molecule has 0 spiro atoms. The Morgan fingerprint density at radius 1 is 1.25 bits per heavy atom. The van der Waals surface area contributed by atoms with E-state index in [0.717, 1.165) is 17.1 Å². The van der Waals surface area contributed by atoms with Crippen LogP contribution < -0.4 is 15.4 Å². The van der Waals surface area contributed by atoms with Crippen LogP contribution in [-0.2, 0) is 4.79 Å². The van der Waals surface area contributed by atoms with Gasteiger partial charge in [0.15, 0.2) is 0 Å². The Bertz CT molecular complexity index is 736. The van der Waals surface area contributed by atoms with E-state index in [0.29, 0.717) is 11.3 Å². The molecule has 128 valence electrons. The van der Waals surface area contributed by atoms with E-state index in [1.807, 2.05) is 26.8 Å². The molecule has 0 saturated heterocycles. The molecular weight excluding hydrogens is 308 g/mol. The molecule has 24 heavy (non-hydrogen) atoms. The van der Waals surface area contributed by atoms with E-state index < -0.39 is 0 Å². The summed E-state index contributed by atoms with van der Waals surface area (Å²) in [6.07, 6.45) is 0. The Morgan fingerprint density at radius 2 is 2.00 bits per heavy atom. The summed E-state index contributed by atoms with van der Waals surface area (Å²) >= 11 is 0. The van der Waals surface area contributed by atoms with Gasteiger partial charge >= 0.3 is 0 Å². The van der Waals surface area contributed by atoms with Crippen molar-refractivity contribution in [3.05, 3.63) is 53.0 Å². The quantitative estimate of drug-likeness (QED) is 0.853. The first-order chi connectivity index (χ1) is 11.4. The number of furan rings is 1. The number of aryl methyl sites for hydroxylation is 2. The third-order valence-corrected chi connectivity index (χ3v) is 3.66. The highest BCUT2D eigenvalue weighted by atomic mass is 16.5. The number of carbonyl (C=O) groups is 2. The molecule has 0 aliphatic rings. The van der Waals surface area contributed by atoms with Gasteiger partial charge < -0.3 is 19.8 Å². The maximum atomic E-state index is 12.1. The lowest BCUT2D eigenvalue weighted by Gasteiger charge is -2.13. The van der Waals surface area contributed by atoms with Crippen LogP contribution >= 0.6 is 0 Å². The van der Waals surface area contributed by atoms with E-state index in [9.17, 15) is 9.59 Å². The van der Waals surface area contributed by atoms with Crippen LogP contribution in [0.5, 0.6) is 5.75 Å². The van der Waals surface area contributed by atoms with E-state index in [1.54, 1.807) is 24.3 Å². The minimum Gasteiger partial charge on any atom is -0.497 e. The zero-order valence-electron chi connectivity index (χ0n) is 14.3. The minimum atomic E-state index is -0.327. The van der Waals surface area contributed by atoms with Crippen LogP contribution in [-0.4, -0.2) is 25.5 Å². The molecule has 0 bridgehead atoms. The van der Waals surface area contributed by atoms with Crippen molar-refractivity contribution >= 4 is 11.8 Å². The molecule has 6 heteroatoms. The van der Waals surface area contributed by atoms with Crippen LogP contribution in [0.15, 0.2) is 34.7 Å². The van der Waals surface area contributed by atoms with E-state index in [-0.39, 0.29) is 24.4 Å². The molecule has 0 unspecified atom stereocenters. The van der Waals surface area contributed by atoms with Gasteiger partial charge in [0.1, 0.15) is 17.3 Å². The van der Waals surface area contributed by atoms with E-state index in [1.165, 1.54) is 7.11 Å². The first-order valence-electron chi connectivity index (χ1n) is 7.69. The second-order valence-corrected chi connectivity index (χ2v) is 5.57. The van der Waals surface area contributed by atoms with Crippen molar-refractivity contribution in [3.8, 4) is 5.75 Å². The first-order valence-corrected chi connectivity index (χ1v) is 7.69. The number of rotatable bonds is 6. The number of methoxy groups -OCH3 is 1. The summed E-state index contributed by atoms with van der Waals surface area (Å²) in [6.45, 7) is 5.49. The summed E-state index contributed by atoms with van der Waals surface area (Å²) in [4.78, 5) is 24.1. The zero-order chi connectivity index (χ0) is 17.7. The van der Waals surface area contributed by atoms with Crippen LogP contribution in [0.25, 0.3) is 0 Å². The second-order valence-electron chi connectivity index (χ2n) is 5.57. The van der Waals surface area contributed by atoms with E-state index >= 15 is 0 Å². The molecule has 1 heterocycles. The maximum absolute atomic E-state index is 12.1. The molecule has 2 N–H and O–H groups in total. The highest BCUT2D eigenvalue weighted by Crippen LogP contribution is 2.20. The van der Waals surface area contributed by atoms with Gasteiger partial charge in [0.05, 0.1) is 19.7 Å². The van der Waals surface area contributed by atoms with Crippen molar-refractivity contribution in [1.82, 2.24) is 10.6 Å². The van der Waals surface area contributed by atoms with Gasteiger partial charge in [-0.05, 0) is 45.0 Å². The molecule has 6 nitrogen and oxygen atoms in total. The minimum absolute atomic E-state index is 0.101. The van der Waals surface area contributed by atoms with Gasteiger partial charge in [0.2, 0.25) is 5.91 Å². The van der Waals surface area contributed by atoms with Crippen molar-refractivity contribution < 1.29 is 18.7 Å². The number of hydrogen-bond acceptors (Lipinski definition) is 4. The summed E-state index contributed by atoms with van der Waals surface area (Å²) in [5.74, 6) is 1.58. The molecule has 1 atom stereocenters. The predicted octanol–water partition coefficient (Wildman–Crippen LogP) is 2.51. The van der Waals surface area contributed by atoms with Gasteiger partial charge in [-0.2, -0.15) is 0 Å². The third kappa shape index (κ3) is 4.38. The fourth-order valence-corrected chi connectivity index (χ4v) is 2.48.